The summed E-state index contributed by atoms with van der Waals surface area (Å²) in [5.41, 5.74) is 0. The highest BCUT2D eigenvalue weighted by molar-refractivity contribution is 9.11. The summed E-state index contributed by atoms with van der Waals surface area (Å²) in [5.74, 6) is 0.935. The minimum atomic E-state index is 0.351. The highest BCUT2D eigenvalue weighted by Crippen LogP contribution is 2.29. The maximum absolute atomic E-state index is 5.93. The van der Waals surface area contributed by atoms with Crippen molar-refractivity contribution in [2.24, 2.45) is 0 Å². The Hall–Kier alpha value is -0.0600. The summed E-state index contributed by atoms with van der Waals surface area (Å²) in [6.07, 6.45) is 2.52. The van der Waals surface area contributed by atoms with Crippen molar-refractivity contribution in [3.05, 3.63) is 27.1 Å². The molecule has 1 fully saturated rings. The summed E-state index contributed by atoms with van der Waals surface area (Å²) in [6.45, 7) is 2.11. The zero-order valence-electron chi connectivity index (χ0n) is 8.30. The number of piperidine rings is 1. The maximum atomic E-state index is 5.93. The van der Waals surface area contributed by atoms with Gasteiger partial charge in [0.25, 0.3) is 0 Å². The number of rotatable bonds is 2. The van der Waals surface area contributed by atoms with Crippen molar-refractivity contribution >= 4 is 31.9 Å². The van der Waals surface area contributed by atoms with Gasteiger partial charge in [0, 0.05) is 4.47 Å². The predicted octanol–water partition coefficient (Wildman–Crippen LogP) is 3.34. The Morgan fingerprint density at radius 1 is 1.20 bits per heavy atom. The van der Waals surface area contributed by atoms with Gasteiger partial charge in [0.2, 0.25) is 0 Å². The summed E-state index contributed by atoms with van der Waals surface area (Å²) < 4.78 is 8.01. The standard InChI is InChI=1S/C11H13Br2NO/c12-8-1-2-11(10(13)7-8)15-9-3-5-14-6-4-9/h1-2,7,9,14H,3-6H2. The molecule has 2 rings (SSSR count). The molecule has 1 aliphatic rings. The zero-order chi connectivity index (χ0) is 10.7. The summed E-state index contributed by atoms with van der Waals surface area (Å²) in [7, 11) is 0. The third-order valence-corrected chi connectivity index (χ3v) is 3.59. The molecule has 0 atom stereocenters. The number of nitrogens with one attached hydrogen (secondary N) is 1. The van der Waals surface area contributed by atoms with E-state index in [2.05, 4.69) is 37.2 Å². The topological polar surface area (TPSA) is 21.3 Å². The zero-order valence-corrected chi connectivity index (χ0v) is 11.5. The van der Waals surface area contributed by atoms with Crippen molar-refractivity contribution in [3.8, 4) is 5.75 Å². The minimum absolute atomic E-state index is 0.351. The number of halogens is 2. The summed E-state index contributed by atoms with van der Waals surface area (Å²) in [6, 6.07) is 6.01. The molecular formula is C11H13Br2NO. The Kier molecular flexibility index (Phi) is 4.05. The Labute approximate surface area is 107 Å². The first-order valence-electron chi connectivity index (χ1n) is 5.08. The number of hydrogen-bond acceptors (Lipinski definition) is 2. The minimum Gasteiger partial charge on any atom is -0.489 e. The molecule has 1 aromatic rings. The van der Waals surface area contributed by atoms with E-state index >= 15 is 0 Å². The van der Waals surface area contributed by atoms with Gasteiger partial charge in [0.05, 0.1) is 4.47 Å². The lowest BCUT2D eigenvalue weighted by Gasteiger charge is -2.24. The molecule has 0 radical (unpaired) electrons. The van der Waals surface area contributed by atoms with Crippen LogP contribution in [0.25, 0.3) is 0 Å². The summed E-state index contributed by atoms with van der Waals surface area (Å²) >= 11 is 6.93. The van der Waals surface area contributed by atoms with Crippen molar-refractivity contribution in [1.29, 1.82) is 0 Å². The van der Waals surface area contributed by atoms with Gasteiger partial charge in [-0.05, 0) is 60.1 Å². The molecule has 0 unspecified atom stereocenters. The molecule has 2 nitrogen and oxygen atoms in total. The fourth-order valence-corrected chi connectivity index (χ4v) is 2.80. The molecule has 1 heterocycles. The van der Waals surface area contributed by atoms with Crippen LogP contribution in [0, 0.1) is 0 Å². The Balaban J connectivity index is 2.03. The summed E-state index contributed by atoms with van der Waals surface area (Å²) in [5, 5.41) is 3.33. The van der Waals surface area contributed by atoms with Crippen LogP contribution in [0.3, 0.4) is 0 Å². The number of hydrogen-bond donors (Lipinski definition) is 1. The lowest BCUT2D eigenvalue weighted by Crippen LogP contribution is -2.34. The third-order valence-electron chi connectivity index (χ3n) is 2.47. The van der Waals surface area contributed by atoms with Crippen molar-refractivity contribution < 1.29 is 4.74 Å². The highest BCUT2D eigenvalue weighted by Gasteiger charge is 2.15. The van der Waals surface area contributed by atoms with E-state index < -0.39 is 0 Å². The average Bonchev–Trinajstić information content (AvgIpc) is 2.24. The SMILES string of the molecule is Brc1ccc(OC2CCNCC2)c(Br)c1. The normalized spacial score (nSPS) is 17.7. The van der Waals surface area contributed by atoms with E-state index in [1.165, 1.54) is 0 Å². The van der Waals surface area contributed by atoms with E-state index in [4.69, 9.17) is 4.74 Å². The van der Waals surface area contributed by atoms with Gasteiger partial charge in [0.1, 0.15) is 11.9 Å². The second-order valence-electron chi connectivity index (χ2n) is 3.64. The van der Waals surface area contributed by atoms with Gasteiger partial charge in [0.15, 0.2) is 0 Å². The van der Waals surface area contributed by atoms with Crippen LogP contribution in [0.1, 0.15) is 12.8 Å². The van der Waals surface area contributed by atoms with Crippen molar-refractivity contribution in [1.82, 2.24) is 5.32 Å². The van der Waals surface area contributed by atoms with Gasteiger partial charge >= 0.3 is 0 Å². The third kappa shape index (κ3) is 3.20. The monoisotopic (exact) mass is 333 g/mol. The van der Waals surface area contributed by atoms with Gasteiger partial charge in [-0.25, -0.2) is 0 Å². The average molecular weight is 335 g/mol. The smallest absolute Gasteiger partial charge is 0.133 e. The lowest BCUT2D eigenvalue weighted by molar-refractivity contribution is 0.161. The van der Waals surface area contributed by atoms with Crippen LogP contribution in [-0.4, -0.2) is 19.2 Å². The molecular weight excluding hydrogens is 322 g/mol. The van der Waals surface area contributed by atoms with Crippen molar-refractivity contribution in [2.45, 2.75) is 18.9 Å². The Morgan fingerprint density at radius 3 is 2.60 bits per heavy atom. The fraction of sp³-hybridized carbons (Fsp3) is 0.455. The molecule has 1 aliphatic heterocycles. The molecule has 0 amide bonds. The molecule has 82 valence electrons. The van der Waals surface area contributed by atoms with E-state index in [9.17, 15) is 0 Å². The van der Waals surface area contributed by atoms with Crippen LogP contribution >= 0.6 is 31.9 Å². The van der Waals surface area contributed by atoms with E-state index in [0.717, 1.165) is 40.6 Å². The molecule has 1 saturated heterocycles. The molecule has 0 saturated carbocycles. The molecule has 0 bridgehead atoms. The molecule has 15 heavy (non-hydrogen) atoms. The van der Waals surface area contributed by atoms with Gasteiger partial charge < -0.3 is 10.1 Å². The summed E-state index contributed by atoms with van der Waals surface area (Å²) in [4.78, 5) is 0. The largest absolute Gasteiger partial charge is 0.489 e. The first kappa shape index (κ1) is 11.4. The maximum Gasteiger partial charge on any atom is 0.133 e. The Bertz CT molecular complexity index is 337. The van der Waals surface area contributed by atoms with Gasteiger partial charge in [-0.1, -0.05) is 15.9 Å². The van der Waals surface area contributed by atoms with E-state index in [1.54, 1.807) is 0 Å². The van der Waals surface area contributed by atoms with Gasteiger partial charge in [-0.3, -0.25) is 0 Å². The second kappa shape index (κ2) is 5.32. The molecule has 0 aromatic heterocycles. The van der Waals surface area contributed by atoms with Crippen LogP contribution in [-0.2, 0) is 0 Å². The first-order chi connectivity index (χ1) is 7.25. The number of ether oxygens (including phenoxy) is 1. The van der Waals surface area contributed by atoms with E-state index in [1.807, 2.05) is 18.2 Å². The second-order valence-corrected chi connectivity index (χ2v) is 5.41. The molecule has 1 N–H and O–H groups in total. The lowest BCUT2D eigenvalue weighted by atomic mass is 10.1. The molecule has 4 heteroatoms. The van der Waals surface area contributed by atoms with Crippen LogP contribution in [0.15, 0.2) is 27.1 Å². The van der Waals surface area contributed by atoms with Crippen LogP contribution in [0.5, 0.6) is 5.75 Å². The predicted molar refractivity (Wildman–Crippen MR) is 68.4 cm³/mol. The number of benzene rings is 1. The quantitative estimate of drug-likeness (QED) is 0.895. The first-order valence-corrected chi connectivity index (χ1v) is 6.67. The van der Waals surface area contributed by atoms with Crippen LogP contribution < -0.4 is 10.1 Å². The van der Waals surface area contributed by atoms with Gasteiger partial charge in [-0.2, -0.15) is 0 Å². The van der Waals surface area contributed by atoms with E-state index in [0.29, 0.717) is 6.10 Å². The molecule has 1 aromatic carbocycles. The molecule has 0 spiro atoms. The fourth-order valence-electron chi connectivity index (χ4n) is 1.66. The van der Waals surface area contributed by atoms with E-state index in [-0.39, 0.29) is 0 Å². The van der Waals surface area contributed by atoms with Crippen LogP contribution in [0.4, 0.5) is 0 Å². The van der Waals surface area contributed by atoms with Crippen LogP contribution in [0.2, 0.25) is 0 Å². The Morgan fingerprint density at radius 2 is 1.93 bits per heavy atom. The molecule has 0 aliphatic carbocycles. The highest BCUT2D eigenvalue weighted by atomic mass is 79.9. The van der Waals surface area contributed by atoms with Crippen molar-refractivity contribution in [2.75, 3.05) is 13.1 Å². The van der Waals surface area contributed by atoms with Crippen molar-refractivity contribution in [3.63, 3.8) is 0 Å². The van der Waals surface area contributed by atoms with Gasteiger partial charge in [-0.15, -0.1) is 0 Å².